The molecule has 43 heavy (non-hydrogen) atoms. The van der Waals surface area contributed by atoms with Crippen LogP contribution in [-0.4, -0.2) is 54.3 Å². The van der Waals surface area contributed by atoms with E-state index in [4.69, 9.17) is 19.0 Å². The lowest BCUT2D eigenvalue weighted by Crippen LogP contribution is -2.58. The normalized spacial score (nSPS) is 17.9. The Kier molecular flexibility index (Phi) is 10.2. The Morgan fingerprint density at radius 3 is 2.21 bits per heavy atom. The number of nitrogens with zero attached hydrogens (tertiary/aromatic N) is 1. The van der Waals surface area contributed by atoms with Crippen molar-refractivity contribution in [2.75, 3.05) is 19.7 Å². The average Bonchev–Trinajstić information content (AvgIpc) is 3.05. The van der Waals surface area contributed by atoms with Gasteiger partial charge in [0.05, 0.1) is 12.0 Å². The smallest absolute Gasteiger partial charge is 0.410 e. The van der Waals surface area contributed by atoms with Crippen LogP contribution in [0.4, 0.5) is 4.79 Å². The fourth-order valence-electron chi connectivity index (χ4n) is 5.16. The number of piperidine rings is 1. The molecule has 10 heteroatoms. The lowest BCUT2D eigenvalue weighted by molar-refractivity contribution is -0.201. The Labute approximate surface area is 251 Å². The highest BCUT2D eigenvalue weighted by molar-refractivity contribution is 5.95. The number of hydrogen-bond donors (Lipinski definition) is 2. The standard InChI is InChI=1S/C33H37N3O7/c37-29(35-43-30-13-7-8-22-40-30)23-33(18-20-36(21-19-33)32(39)41-24-25-9-3-1-4-10-25)34-31(38)26-14-16-28(17-15-26)42-27-11-5-2-6-12-27/h1-6,9-12,14-17,30H,7-8,13,18-24H2,(H,34,38)(H,35,37). The van der Waals surface area contributed by atoms with E-state index in [1.165, 1.54) is 0 Å². The van der Waals surface area contributed by atoms with Crippen LogP contribution >= 0.6 is 0 Å². The van der Waals surface area contributed by atoms with Crippen molar-refractivity contribution in [2.45, 2.75) is 57.0 Å². The van der Waals surface area contributed by atoms with Gasteiger partial charge in [0.2, 0.25) is 5.91 Å². The molecule has 5 rings (SSSR count). The van der Waals surface area contributed by atoms with E-state index in [2.05, 4.69) is 10.8 Å². The summed E-state index contributed by atoms with van der Waals surface area (Å²) in [7, 11) is 0. The number of amides is 3. The van der Waals surface area contributed by atoms with E-state index in [0.717, 1.165) is 18.4 Å². The maximum Gasteiger partial charge on any atom is 0.410 e. The first-order valence-electron chi connectivity index (χ1n) is 14.7. The molecular weight excluding hydrogens is 550 g/mol. The number of nitrogens with one attached hydrogen (secondary N) is 2. The predicted octanol–water partition coefficient (Wildman–Crippen LogP) is 5.34. The molecule has 3 aromatic rings. The SMILES string of the molecule is O=C(CC1(NC(=O)c2ccc(Oc3ccccc3)cc2)CCN(C(=O)OCc2ccccc2)CC1)NOC1CCCCO1. The van der Waals surface area contributed by atoms with E-state index < -0.39 is 17.9 Å². The molecule has 0 bridgehead atoms. The summed E-state index contributed by atoms with van der Waals surface area (Å²) in [6.45, 7) is 1.40. The van der Waals surface area contributed by atoms with Crippen molar-refractivity contribution in [1.29, 1.82) is 0 Å². The van der Waals surface area contributed by atoms with Crippen molar-refractivity contribution in [2.24, 2.45) is 0 Å². The Balaban J connectivity index is 1.21. The summed E-state index contributed by atoms with van der Waals surface area (Å²) in [5.74, 6) is 0.595. The summed E-state index contributed by atoms with van der Waals surface area (Å²) >= 11 is 0. The Morgan fingerprint density at radius 2 is 1.53 bits per heavy atom. The van der Waals surface area contributed by atoms with Crippen LogP contribution in [0.5, 0.6) is 11.5 Å². The summed E-state index contributed by atoms with van der Waals surface area (Å²) in [6.07, 6.45) is 2.42. The lowest BCUT2D eigenvalue weighted by Gasteiger charge is -2.41. The number of carbonyl (C=O) groups excluding carboxylic acids is 3. The van der Waals surface area contributed by atoms with Gasteiger partial charge < -0.3 is 24.4 Å². The highest BCUT2D eigenvalue weighted by Gasteiger charge is 2.40. The third kappa shape index (κ3) is 8.79. The fourth-order valence-corrected chi connectivity index (χ4v) is 5.16. The van der Waals surface area contributed by atoms with Crippen LogP contribution in [0.25, 0.3) is 0 Å². The second-order valence-electron chi connectivity index (χ2n) is 10.8. The zero-order valence-corrected chi connectivity index (χ0v) is 24.0. The van der Waals surface area contributed by atoms with Gasteiger partial charge in [0.25, 0.3) is 5.91 Å². The highest BCUT2D eigenvalue weighted by Crippen LogP contribution is 2.28. The minimum Gasteiger partial charge on any atom is -0.457 e. The zero-order chi connectivity index (χ0) is 29.9. The van der Waals surface area contributed by atoms with Gasteiger partial charge in [-0.2, -0.15) is 0 Å². The average molecular weight is 588 g/mol. The molecule has 2 saturated heterocycles. The quantitative estimate of drug-likeness (QED) is 0.308. The molecule has 0 aromatic heterocycles. The molecule has 0 spiro atoms. The Hall–Kier alpha value is -4.41. The van der Waals surface area contributed by atoms with Gasteiger partial charge in [-0.15, -0.1) is 0 Å². The summed E-state index contributed by atoms with van der Waals surface area (Å²) in [6, 6.07) is 25.7. The number of benzene rings is 3. The van der Waals surface area contributed by atoms with Gasteiger partial charge in [-0.05, 0) is 67.6 Å². The van der Waals surface area contributed by atoms with Gasteiger partial charge in [0.15, 0.2) is 6.29 Å². The molecule has 0 radical (unpaired) electrons. The topological polar surface area (TPSA) is 115 Å². The minimum atomic E-state index is -0.895. The number of hydroxylamine groups is 1. The molecule has 2 aliphatic rings. The summed E-state index contributed by atoms with van der Waals surface area (Å²) in [5.41, 5.74) is 2.93. The first-order chi connectivity index (χ1) is 21.0. The van der Waals surface area contributed by atoms with Gasteiger partial charge >= 0.3 is 6.09 Å². The predicted molar refractivity (Wildman–Crippen MR) is 158 cm³/mol. The van der Waals surface area contributed by atoms with E-state index in [0.29, 0.717) is 56.0 Å². The van der Waals surface area contributed by atoms with Crippen molar-refractivity contribution in [3.63, 3.8) is 0 Å². The van der Waals surface area contributed by atoms with E-state index in [1.807, 2.05) is 60.7 Å². The first kappa shape index (κ1) is 30.1. The second-order valence-corrected chi connectivity index (χ2v) is 10.8. The fraction of sp³-hybridized carbons (Fsp3) is 0.364. The number of hydrogen-bond acceptors (Lipinski definition) is 7. The summed E-state index contributed by atoms with van der Waals surface area (Å²) in [4.78, 5) is 46.3. The molecule has 2 N–H and O–H groups in total. The largest absolute Gasteiger partial charge is 0.457 e. The Morgan fingerprint density at radius 1 is 0.860 bits per heavy atom. The van der Waals surface area contributed by atoms with Crippen LogP contribution < -0.4 is 15.5 Å². The minimum absolute atomic E-state index is 0.0203. The number of para-hydroxylation sites is 1. The molecule has 2 heterocycles. The van der Waals surface area contributed by atoms with Crippen molar-refractivity contribution < 1.29 is 33.4 Å². The molecule has 3 amide bonds. The molecule has 0 aliphatic carbocycles. The van der Waals surface area contributed by atoms with Gasteiger partial charge in [-0.1, -0.05) is 48.5 Å². The van der Waals surface area contributed by atoms with Crippen LogP contribution in [0.1, 0.15) is 54.4 Å². The van der Waals surface area contributed by atoms with E-state index in [9.17, 15) is 14.4 Å². The van der Waals surface area contributed by atoms with E-state index in [-0.39, 0.29) is 24.8 Å². The molecule has 1 atom stereocenters. The number of ether oxygens (including phenoxy) is 3. The lowest BCUT2D eigenvalue weighted by atomic mass is 9.83. The van der Waals surface area contributed by atoms with Gasteiger partial charge in [0, 0.05) is 31.7 Å². The van der Waals surface area contributed by atoms with Gasteiger partial charge in [0.1, 0.15) is 18.1 Å². The molecule has 2 fully saturated rings. The van der Waals surface area contributed by atoms with E-state index >= 15 is 0 Å². The van der Waals surface area contributed by atoms with Crippen LogP contribution in [0, 0.1) is 0 Å². The van der Waals surface area contributed by atoms with Crippen LogP contribution in [0.3, 0.4) is 0 Å². The van der Waals surface area contributed by atoms with Crippen molar-refractivity contribution in [3.8, 4) is 11.5 Å². The zero-order valence-electron chi connectivity index (χ0n) is 24.0. The van der Waals surface area contributed by atoms with E-state index in [1.54, 1.807) is 29.2 Å². The molecule has 0 saturated carbocycles. The Bertz CT molecular complexity index is 1340. The maximum atomic E-state index is 13.4. The molecular formula is C33H37N3O7. The molecule has 3 aromatic carbocycles. The van der Waals surface area contributed by atoms with Gasteiger partial charge in [-0.25, -0.2) is 15.1 Å². The first-order valence-corrected chi connectivity index (χ1v) is 14.7. The number of rotatable bonds is 10. The van der Waals surface area contributed by atoms with Crippen molar-refractivity contribution in [1.82, 2.24) is 15.7 Å². The van der Waals surface area contributed by atoms with Crippen LogP contribution in [-0.2, 0) is 25.7 Å². The second kappa shape index (κ2) is 14.7. The molecule has 2 aliphatic heterocycles. The third-order valence-corrected chi connectivity index (χ3v) is 7.60. The highest BCUT2D eigenvalue weighted by atomic mass is 16.8. The summed E-state index contributed by atoms with van der Waals surface area (Å²) in [5, 5.41) is 3.10. The number of likely N-dealkylation sites (tertiary alicyclic amines) is 1. The molecule has 10 nitrogen and oxygen atoms in total. The van der Waals surface area contributed by atoms with Crippen molar-refractivity contribution >= 4 is 17.9 Å². The maximum absolute atomic E-state index is 13.4. The van der Waals surface area contributed by atoms with Gasteiger partial charge in [-0.3, -0.25) is 9.59 Å². The molecule has 1 unspecified atom stereocenters. The van der Waals surface area contributed by atoms with Crippen molar-refractivity contribution in [3.05, 3.63) is 96.1 Å². The molecule has 226 valence electrons. The van der Waals surface area contributed by atoms with Crippen LogP contribution in [0.15, 0.2) is 84.9 Å². The monoisotopic (exact) mass is 587 g/mol. The third-order valence-electron chi connectivity index (χ3n) is 7.60. The number of carbonyl (C=O) groups is 3. The summed E-state index contributed by atoms with van der Waals surface area (Å²) < 4.78 is 16.9. The van der Waals surface area contributed by atoms with Crippen LogP contribution in [0.2, 0.25) is 0 Å².